The van der Waals surface area contributed by atoms with Gasteiger partial charge in [0.15, 0.2) is 0 Å². The predicted octanol–water partition coefficient (Wildman–Crippen LogP) is 3.20. The van der Waals surface area contributed by atoms with Crippen molar-refractivity contribution in [2.45, 2.75) is 25.0 Å². The van der Waals surface area contributed by atoms with Crippen LogP contribution >= 0.6 is 0 Å². The second-order valence-electron chi connectivity index (χ2n) is 9.26. The normalized spacial score (nSPS) is 21.6. The number of piperidine rings is 1. The Balaban J connectivity index is 1.53. The van der Waals surface area contributed by atoms with Gasteiger partial charge in [-0.1, -0.05) is 18.2 Å². The van der Waals surface area contributed by atoms with Crippen LogP contribution < -0.4 is 14.4 Å². The summed E-state index contributed by atoms with van der Waals surface area (Å²) in [6, 6.07) is 13.7. The van der Waals surface area contributed by atoms with Crippen molar-refractivity contribution >= 4 is 11.8 Å². The van der Waals surface area contributed by atoms with E-state index in [0.717, 1.165) is 47.8 Å². The Hall–Kier alpha value is -3.01. The van der Waals surface area contributed by atoms with Gasteiger partial charge in [-0.3, -0.25) is 0 Å². The molecule has 3 atom stereocenters. The van der Waals surface area contributed by atoms with Crippen molar-refractivity contribution in [2.24, 2.45) is 5.92 Å². The Kier molecular flexibility index (Phi) is 8.90. The second kappa shape index (κ2) is 12.3. The van der Waals surface area contributed by atoms with Crippen molar-refractivity contribution in [2.75, 3.05) is 65.1 Å². The molecule has 0 aromatic heterocycles. The van der Waals surface area contributed by atoms with Gasteiger partial charge in [-0.05, 0) is 41.8 Å². The smallest absolute Gasteiger partial charge is 0.407 e. The number of anilines is 1. The van der Waals surface area contributed by atoms with E-state index in [-0.39, 0.29) is 31.5 Å². The van der Waals surface area contributed by atoms with E-state index in [1.807, 2.05) is 36.4 Å². The van der Waals surface area contributed by atoms with Crippen LogP contribution in [-0.4, -0.2) is 87.5 Å². The average Bonchev–Trinajstić information content (AvgIpc) is 2.91. The molecular weight excluding hydrogens is 464 g/mol. The highest BCUT2D eigenvalue weighted by Crippen LogP contribution is 2.37. The highest BCUT2D eigenvalue weighted by molar-refractivity contribution is 5.65. The van der Waals surface area contributed by atoms with E-state index in [1.54, 1.807) is 14.2 Å². The molecule has 2 unspecified atom stereocenters. The van der Waals surface area contributed by atoms with E-state index in [9.17, 15) is 15.0 Å². The fourth-order valence-corrected chi connectivity index (χ4v) is 5.15. The number of carboxylic acid groups (broad SMARTS) is 1. The van der Waals surface area contributed by atoms with Gasteiger partial charge in [0.05, 0.1) is 38.6 Å². The fraction of sp³-hybridized carbons (Fsp3) is 0.519. The first-order chi connectivity index (χ1) is 17.5. The number of hydrogen-bond acceptors (Lipinski definition) is 7. The van der Waals surface area contributed by atoms with E-state index < -0.39 is 12.2 Å². The minimum Gasteiger partial charge on any atom is -0.497 e. The standard InChI is InChI=1S/C27H36N2O7/c1-33-12-3-10-28-11-13-35-24-9-4-19(14-23(24)28)18-36-25-16-29(27(31)32)15-21(17-30)26(25)20-5-7-22(34-2)8-6-20/h4-9,14,21,25-26,30H,3,10-13,15-18H2,1-2H3,(H,31,32)/t21?,25-,26?/m0/s1. The zero-order valence-electron chi connectivity index (χ0n) is 21.0. The minimum absolute atomic E-state index is 0.132. The van der Waals surface area contributed by atoms with Crippen LogP contribution in [0.4, 0.5) is 10.5 Å². The maximum absolute atomic E-state index is 11.8. The Bertz CT molecular complexity index is 1000. The summed E-state index contributed by atoms with van der Waals surface area (Å²) in [5.41, 5.74) is 3.01. The molecule has 1 fully saturated rings. The highest BCUT2D eigenvalue weighted by Gasteiger charge is 2.40. The molecule has 36 heavy (non-hydrogen) atoms. The summed E-state index contributed by atoms with van der Waals surface area (Å²) in [6.07, 6.45) is -0.492. The molecular formula is C27H36N2O7. The van der Waals surface area contributed by atoms with Gasteiger partial charge in [0.1, 0.15) is 18.1 Å². The molecule has 196 valence electrons. The molecule has 0 radical (unpaired) electrons. The number of likely N-dealkylation sites (tertiary alicyclic amines) is 1. The number of aliphatic hydroxyl groups is 1. The Labute approximate surface area is 212 Å². The van der Waals surface area contributed by atoms with E-state index in [4.69, 9.17) is 18.9 Å². The SMILES string of the molecule is COCCCN1CCOc2ccc(CO[C@H]3CN(C(=O)O)CC(CO)C3c3ccc(OC)cc3)cc21. The van der Waals surface area contributed by atoms with Crippen LogP contribution in [-0.2, 0) is 16.1 Å². The average molecular weight is 501 g/mol. The van der Waals surface area contributed by atoms with Gasteiger partial charge < -0.3 is 39.0 Å². The highest BCUT2D eigenvalue weighted by atomic mass is 16.5. The molecule has 1 amide bonds. The number of nitrogens with zero attached hydrogens (tertiary/aromatic N) is 2. The van der Waals surface area contributed by atoms with Gasteiger partial charge in [0, 0.05) is 45.2 Å². The molecule has 0 bridgehead atoms. The Morgan fingerprint density at radius 2 is 1.94 bits per heavy atom. The van der Waals surface area contributed by atoms with E-state index >= 15 is 0 Å². The molecule has 2 aromatic rings. The zero-order valence-corrected chi connectivity index (χ0v) is 21.0. The molecule has 2 aromatic carbocycles. The summed E-state index contributed by atoms with van der Waals surface area (Å²) in [7, 11) is 3.32. The molecule has 9 nitrogen and oxygen atoms in total. The molecule has 4 rings (SSSR count). The van der Waals surface area contributed by atoms with Crippen LogP contribution in [0, 0.1) is 5.92 Å². The van der Waals surface area contributed by atoms with Crippen molar-refractivity contribution in [1.29, 1.82) is 0 Å². The molecule has 9 heteroatoms. The van der Waals surface area contributed by atoms with Crippen LogP contribution in [0.3, 0.4) is 0 Å². The summed E-state index contributed by atoms with van der Waals surface area (Å²) in [5.74, 6) is 1.17. The van der Waals surface area contributed by atoms with Crippen molar-refractivity contribution in [3.05, 3.63) is 53.6 Å². The largest absolute Gasteiger partial charge is 0.497 e. The van der Waals surface area contributed by atoms with Crippen molar-refractivity contribution in [3.8, 4) is 11.5 Å². The van der Waals surface area contributed by atoms with Crippen LogP contribution in [0.15, 0.2) is 42.5 Å². The molecule has 1 saturated heterocycles. The first-order valence-corrected chi connectivity index (χ1v) is 12.4. The van der Waals surface area contributed by atoms with Crippen LogP contribution in [0.2, 0.25) is 0 Å². The summed E-state index contributed by atoms with van der Waals surface area (Å²) in [6.45, 7) is 3.73. The Morgan fingerprint density at radius 3 is 2.64 bits per heavy atom. The third kappa shape index (κ3) is 6.03. The van der Waals surface area contributed by atoms with Crippen molar-refractivity contribution in [1.82, 2.24) is 4.90 Å². The predicted molar refractivity (Wildman–Crippen MR) is 135 cm³/mol. The molecule has 0 saturated carbocycles. The molecule has 0 spiro atoms. The maximum atomic E-state index is 11.8. The molecule has 0 aliphatic carbocycles. The number of aliphatic hydroxyl groups excluding tert-OH is 1. The van der Waals surface area contributed by atoms with Gasteiger partial charge in [0.2, 0.25) is 0 Å². The lowest BCUT2D eigenvalue weighted by Gasteiger charge is -2.42. The lowest BCUT2D eigenvalue weighted by molar-refractivity contribution is -0.0483. The number of carbonyl (C=O) groups is 1. The third-order valence-corrected chi connectivity index (χ3v) is 6.99. The van der Waals surface area contributed by atoms with Gasteiger partial charge in [0.25, 0.3) is 0 Å². The number of amides is 1. The summed E-state index contributed by atoms with van der Waals surface area (Å²) in [5, 5.41) is 19.8. The Morgan fingerprint density at radius 1 is 1.14 bits per heavy atom. The number of fused-ring (bicyclic) bond motifs is 1. The summed E-state index contributed by atoms with van der Waals surface area (Å²) >= 11 is 0. The van der Waals surface area contributed by atoms with Gasteiger partial charge in [-0.25, -0.2) is 4.79 Å². The van der Waals surface area contributed by atoms with E-state index in [1.165, 1.54) is 4.90 Å². The quantitative estimate of drug-likeness (QED) is 0.480. The topological polar surface area (TPSA) is 101 Å². The van der Waals surface area contributed by atoms with E-state index in [0.29, 0.717) is 19.8 Å². The maximum Gasteiger partial charge on any atom is 0.407 e. The fourth-order valence-electron chi connectivity index (χ4n) is 5.15. The van der Waals surface area contributed by atoms with Crippen LogP contribution in [0.1, 0.15) is 23.5 Å². The summed E-state index contributed by atoms with van der Waals surface area (Å²) < 4.78 is 22.7. The number of rotatable bonds is 10. The molecule has 2 aliphatic heterocycles. The first-order valence-electron chi connectivity index (χ1n) is 12.4. The van der Waals surface area contributed by atoms with Gasteiger partial charge >= 0.3 is 6.09 Å². The van der Waals surface area contributed by atoms with Crippen LogP contribution in [0.25, 0.3) is 0 Å². The minimum atomic E-state index is -1.01. The lowest BCUT2D eigenvalue weighted by Crippen LogP contribution is -2.51. The second-order valence-corrected chi connectivity index (χ2v) is 9.26. The number of benzene rings is 2. The number of methoxy groups -OCH3 is 2. The number of hydrogen-bond donors (Lipinski definition) is 2. The molecule has 2 N–H and O–H groups in total. The molecule has 2 heterocycles. The number of ether oxygens (including phenoxy) is 4. The third-order valence-electron chi connectivity index (χ3n) is 6.99. The van der Waals surface area contributed by atoms with Crippen molar-refractivity contribution < 1.29 is 34.0 Å². The molecule has 2 aliphatic rings. The van der Waals surface area contributed by atoms with Crippen molar-refractivity contribution in [3.63, 3.8) is 0 Å². The first kappa shape index (κ1) is 26.1. The lowest BCUT2D eigenvalue weighted by atomic mass is 9.79. The van der Waals surface area contributed by atoms with Gasteiger partial charge in [-0.15, -0.1) is 0 Å². The zero-order chi connectivity index (χ0) is 25.5. The van der Waals surface area contributed by atoms with E-state index in [2.05, 4.69) is 11.0 Å². The summed E-state index contributed by atoms with van der Waals surface area (Å²) in [4.78, 5) is 15.4. The van der Waals surface area contributed by atoms with Gasteiger partial charge in [-0.2, -0.15) is 0 Å². The van der Waals surface area contributed by atoms with Crippen LogP contribution in [0.5, 0.6) is 11.5 Å². The monoisotopic (exact) mass is 500 g/mol.